The third kappa shape index (κ3) is 1.93. The molecule has 3 aromatic rings. The molecule has 0 aliphatic rings. The van der Waals surface area contributed by atoms with Gasteiger partial charge in [-0.25, -0.2) is 0 Å². The zero-order valence-electron chi connectivity index (χ0n) is 9.28. The molecule has 0 aliphatic heterocycles. The van der Waals surface area contributed by atoms with Crippen LogP contribution in [0.1, 0.15) is 5.82 Å². The van der Waals surface area contributed by atoms with Crippen molar-refractivity contribution >= 4 is 27.1 Å². The summed E-state index contributed by atoms with van der Waals surface area (Å²) in [6, 6.07) is 7.14. The van der Waals surface area contributed by atoms with Gasteiger partial charge >= 0.3 is 0 Å². The number of nitrogen functional groups attached to an aromatic ring is 2. The van der Waals surface area contributed by atoms with Crippen LogP contribution in [0.2, 0.25) is 0 Å². The van der Waals surface area contributed by atoms with E-state index >= 15 is 0 Å². The molecular formula is C10H10N6OS. The number of ether oxygens (including phenoxy) is 1. The first kappa shape index (κ1) is 10.8. The lowest BCUT2D eigenvalue weighted by molar-refractivity contribution is 0.293. The average Bonchev–Trinajstić information content (AvgIpc) is 2.88. The molecule has 0 radical (unpaired) electrons. The lowest BCUT2D eigenvalue weighted by Gasteiger charge is -2.03. The van der Waals surface area contributed by atoms with Crippen LogP contribution in [0.25, 0.3) is 4.96 Å². The summed E-state index contributed by atoms with van der Waals surface area (Å²) in [5, 5.41) is 12.5. The second-order valence-corrected chi connectivity index (χ2v) is 4.60. The van der Waals surface area contributed by atoms with E-state index in [1.807, 2.05) is 0 Å². The number of nitrogens with zero attached hydrogens (tertiary/aromatic N) is 4. The molecule has 1 aromatic carbocycles. The third-order valence-corrected chi connectivity index (χ3v) is 3.05. The highest BCUT2D eigenvalue weighted by atomic mass is 32.1. The Hall–Kier alpha value is -2.35. The van der Waals surface area contributed by atoms with Gasteiger partial charge in [-0.05, 0) is 24.3 Å². The first-order valence-corrected chi connectivity index (χ1v) is 5.99. The molecule has 0 unspecified atom stereocenters. The number of aromatic nitrogens is 4. The van der Waals surface area contributed by atoms with Crippen molar-refractivity contribution in [2.45, 2.75) is 6.61 Å². The van der Waals surface area contributed by atoms with Gasteiger partial charge in [-0.3, -0.25) is 0 Å². The molecule has 0 saturated carbocycles. The maximum atomic E-state index is 5.59. The first-order valence-electron chi connectivity index (χ1n) is 5.17. The molecule has 18 heavy (non-hydrogen) atoms. The van der Waals surface area contributed by atoms with E-state index in [0.717, 1.165) is 0 Å². The van der Waals surface area contributed by atoms with E-state index in [2.05, 4.69) is 15.3 Å². The number of fused-ring (bicyclic) bond motifs is 1. The Morgan fingerprint density at radius 3 is 2.72 bits per heavy atom. The smallest absolute Gasteiger partial charge is 0.236 e. The van der Waals surface area contributed by atoms with E-state index in [0.29, 0.717) is 27.4 Å². The zero-order chi connectivity index (χ0) is 12.5. The van der Waals surface area contributed by atoms with Crippen molar-refractivity contribution in [3.05, 3.63) is 30.1 Å². The fourth-order valence-corrected chi connectivity index (χ4v) is 2.10. The fourth-order valence-electron chi connectivity index (χ4n) is 1.47. The van der Waals surface area contributed by atoms with Crippen molar-refractivity contribution in [1.29, 1.82) is 0 Å². The van der Waals surface area contributed by atoms with Crippen LogP contribution in [0.15, 0.2) is 24.3 Å². The quantitative estimate of drug-likeness (QED) is 0.680. The van der Waals surface area contributed by atoms with Crippen molar-refractivity contribution in [2.75, 3.05) is 11.5 Å². The van der Waals surface area contributed by atoms with Gasteiger partial charge in [0, 0.05) is 5.69 Å². The predicted molar refractivity (Wildman–Crippen MR) is 68.3 cm³/mol. The van der Waals surface area contributed by atoms with Crippen LogP contribution in [-0.4, -0.2) is 19.8 Å². The Balaban J connectivity index is 1.78. The summed E-state index contributed by atoms with van der Waals surface area (Å²) in [5.41, 5.74) is 11.9. The Morgan fingerprint density at radius 2 is 1.94 bits per heavy atom. The number of nitrogens with two attached hydrogens (primary N) is 2. The van der Waals surface area contributed by atoms with Crippen LogP contribution in [0.4, 0.5) is 10.8 Å². The molecule has 0 atom stereocenters. The molecule has 0 amide bonds. The van der Waals surface area contributed by atoms with E-state index < -0.39 is 0 Å². The molecule has 0 bridgehead atoms. The highest BCUT2D eigenvalue weighted by Gasteiger charge is 2.10. The maximum absolute atomic E-state index is 5.59. The fraction of sp³-hybridized carbons (Fsp3) is 0.100. The molecule has 8 heteroatoms. The Labute approximate surface area is 106 Å². The van der Waals surface area contributed by atoms with Crippen LogP contribution in [0.3, 0.4) is 0 Å². The standard InChI is InChI=1S/C10H10N6OS/c11-6-1-3-7(4-2-6)17-5-8-13-14-10-16(8)15-9(12)18-10/h1-4H,5,11H2,(H2,12,15). The van der Waals surface area contributed by atoms with Crippen LogP contribution in [0, 0.1) is 0 Å². The lowest BCUT2D eigenvalue weighted by atomic mass is 10.3. The number of anilines is 2. The van der Waals surface area contributed by atoms with Gasteiger partial charge < -0.3 is 16.2 Å². The molecule has 7 nitrogen and oxygen atoms in total. The van der Waals surface area contributed by atoms with Gasteiger partial charge in [0.05, 0.1) is 0 Å². The first-order chi connectivity index (χ1) is 8.72. The largest absolute Gasteiger partial charge is 0.486 e. The summed E-state index contributed by atoms with van der Waals surface area (Å²) in [6.45, 7) is 0.272. The molecule has 2 heterocycles. The Morgan fingerprint density at radius 1 is 1.17 bits per heavy atom. The molecule has 2 aromatic heterocycles. The predicted octanol–water partition coefficient (Wildman–Crippen LogP) is 0.929. The molecule has 92 valence electrons. The molecule has 0 saturated heterocycles. The highest BCUT2D eigenvalue weighted by Crippen LogP contribution is 2.17. The summed E-state index contributed by atoms with van der Waals surface area (Å²) in [5.74, 6) is 1.32. The number of rotatable bonds is 3. The van der Waals surface area contributed by atoms with Gasteiger partial charge in [-0.2, -0.15) is 4.52 Å². The van der Waals surface area contributed by atoms with Crippen molar-refractivity contribution in [2.24, 2.45) is 0 Å². The SMILES string of the molecule is Nc1ccc(OCc2nnc3sc(N)nn23)cc1. The molecular weight excluding hydrogens is 252 g/mol. The maximum Gasteiger partial charge on any atom is 0.236 e. The zero-order valence-corrected chi connectivity index (χ0v) is 10.1. The van der Waals surface area contributed by atoms with Gasteiger partial charge in [0.25, 0.3) is 0 Å². The Bertz CT molecular complexity index is 673. The van der Waals surface area contributed by atoms with E-state index in [1.54, 1.807) is 28.8 Å². The van der Waals surface area contributed by atoms with Crippen LogP contribution in [0.5, 0.6) is 5.75 Å². The van der Waals surface area contributed by atoms with Crippen molar-refractivity contribution < 1.29 is 4.74 Å². The molecule has 0 fully saturated rings. The van der Waals surface area contributed by atoms with E-state index in [-0.39, 0.29) is 6.61 Å². The van der Waals surface area contributed by atoms with E-state index in [4.69, 9.17) is 16.2 Å². The number of benzene rings is 1. The van der Waals surface area contributed by atoms with E-state index in [1.165, 1.54) is 11.3 Å². The van der Waals surface area contributed by atoms with Crippen LogP contribution in [-0.2, 0) is 6.61 Å². The summed E-state index contributed by atoms with van der Waals surface area (Å²) >= 11 is 1.28. The second kappa shape index (κ2) is 4.15. The molecule has 4 N–H and O–H groups in total. The van der Waals surface area contributed by atoms with Crippen molar-refractivity contribution in [1.82, 2.24) is 19.8 Å². The van der Waals surface area contributed by atoms with Crippen molar-refractivity contribution in [3.8, 4) is 5.75 Å². The average molecular weight is 262 g/mol. The summed E-state index contributed by atoms with van der Waals surface area (Å²) in [7, 11) is 0. The lowest BCUT2D eigenvalue weighted by Crippen LogP contribution is -2.02. The minimum absolute atomic E-state index is 0.272. The molecule has 0 spiro atoms. The van der Waals surface area contributed by atoms with Gasteiger partial charge in [0.2, 0.25) is 10.1 Å². The van der Waals surface area contributed by atoms with Crippen molar-refractivity contribution in [3.63, 3.8) is 0 Å². The summed E-state index contributed by atoms with van der Waals surface area (Å²) in [6.07, 6.45) is 0. The van der Waals surface area contributed by atoms with Gasteiger partial charge in [0.15, 0.2) is 5.82 Å². The summed E-state index contributed by atoms with van der Waals surface area (Å²) in [4.78, 5) is 0.656. The van der Waals surface area contributed by atoms with Gasteiger partial charge in [0.1, 0.15) is 12.4 Å². The Kier molecular flexibility index (Phi) is 2.49. The third-order valence-electron chi connectivity index (χ3n) is 2.32. The minimum Gasteiger partial charge on any atom is -0.486 e. The van der Waals surface area contributed by atoms with Gasteiger partial charge in [-0.1, -0.05) is 11.3 Å². The van der Waals surface area contributed by atoms with E-state index in [9.17, 15) is 0 Å². The number of hydrogen-bond donors (Lipinski definition) is 2. The van der Waals surface area contributed by atoms with Gasteiger partial charge in [-0.15, -0.1) is 15.3 Å². The number of hydrogen-bond acceptors (Lipinski definition) is 7. The second-order valence-electron chi connectivity index (χ2n) is 3.61. The van der Waals surface area contributed by atoms with Crippen LogP contribution < -0.4 is 16.2 Å². The minimum atomic E-state index is 0.272. The topological polar surface area (TPSA) is 104 Å². The monoisotopic (exact) mass is 262 g/mol. The normalized spacial score (nSPS) is 10.9. The van der Waals surface area contributed by atoms with Crippen LogP contribution >= 0.6 is 11.3 Å². The highest BCUT2D eigenvalue weighted by molar-refractivity contribution is 7.20. The summed E-state index contributed by atoms with van der Waals surface area (Å²) < 4.78 is 7.15. The molecule has 3 rings (SSSR count). The molecule has 0 aliphatic carbocycles.